The molecule has 1 aliphatic rings. The van der Waals surface area contributed by atoms with Gasteiger partial charge in [0.1, 0.15) is 12.1 Å². The Bertz CT molecular complexity index is 1070. The molecule has 198 valence electrons. The monoisotopic (exact) mass is 514 g/mol. The van der Waals surface area contributed by atoms with Crippen LogP contribution >= 0.6 is 0 Å². The van der Waals surface area contributed by atoms with Gasteiger partial charge in [0.15, 0.2) is 0 Å². The van der Waals surface area contributed by atoms with E-state index in [2.05, 4.69) is 20.9 Å². The predicted molar refractivity (Wildman–Crippen MR) is 132 cm³/mol. The SMILES string of the molecule is C[C@@H](NC(=O)CC1CCC(F)(F)CC1)C(=O)N[C@H](Cc1ccccc1)C(=O)C(=O)NCc1ccccn1. The Morgan fingerprint density at radius 3 is 2.32 bits per heavy atom. The first-order valence-corrected chi connectivity index (χ1v) is 12.4. The summed E-state index contributed by atoms with van der Waals surface area (Å²) in [5.41, 5.74) is 1.31. The molecule has 3 rings (SSSR count). The standard InChI is InChI=1S/C27H32F2N4O4/c1-18(32-23(34)16-20-10-12-27(28,29)13-11-20)25(36)33-22(15-19-7-3-2-4-8-19)24(35)26(37)31-17-21-9-5-6-14-30-21/h2-9,14,18,20,22H,10-13,15-17H2,1H3,(H,31,37)(H,32,34)(H,33,36)/t18-,22-/m1/s1. The molecule has 3 amide bonds. The van der Waals surface area contributed by atoms with E-state index in [0.717, 1.165) is 5.56 Å². The van der Waals surface area contributed by atoms with Gasteiger partial charge in [-0.05, 0) is 43.4 Å². The molecule has 3 N–H and O–H groups in total. The summed E-state index contributed by atoms with van der Waals surface area (Å²) in [6, 6.07) is 12.0. The molecule has 1 aliphatic carbocycles. The number of carbonyl (C=O) groups is 4. The molecule has 0 unspecified atom stereocenters. The fourth-order valence-corrected chi connectivity index (χ4v) is 4.21. The third-order valence-electron chi connectivity index (χ3n) is 6.38. The molecule has 37 heavy (non-hydrogen) atoms. The van der Waals surface area contributed by atoms with Gasteiger partial charge in [-0.2, -0.15) is 0 Å². The highest BCUT2D eigenvalue weighted by molar-refractivity contribution is 6.38. The van der Waals surface area contributed by atoms with Crippen LogP contribution in [0.2, 0.25) is 0 Å². The van der Waals surface area contributed by atoms with Gasteiger partial charge in [0.2, 0.25) is 23.5 Å². The lowest BCUT2D eigenvalue weighted by Crippen LogP contribution is -2.53. The van der Waals surface area contributed by atoms with Crippen molar-refractivity contribution < 1.29 is 28.0 Å². The molecule has 10 heteroatoms. The topological polar surface area (TPSA) is 117 Å². The van der Waals surface area contributed by atoms with Crippen molar-refractivity contribution in [3.63, 3.8) is 0 Å². The Morgan fingerprint density at radius 1 is 1.00 bits per heavy atom. The van der Waals surface area contributed by atoms with E-state index in [-0.39, 0.29) is 51.0 Å². The second kappa shape index (κ2) is 13.0. The Balaban J connectivity index is 1.57. The maximum Gasteiger partial charge on any atom is 0.289 e. The second-order valence-electron chi connectivity index (χ2n) is 9.41. The summed E-state index contributed by atoms with van der Waals surface area (Å²) in [5, 5.41) is 7.68. The lowest BCUT2D eigenvalue weighted by molar-refractivity contribution is -0.140. The summed E-state index contributed by atoms with van der Waals surface area (Å²) in [4.78, 5) is 54.9. The van der Waals surface area contributed by atoms with E-state index in [1.54, 1.807) is 48.7 Å². The van der Waals surface area contributed by atoms with Gasteiger partial charge in [-0.15, -0.1) is 0 Å². The number of rotatable bonds is 11. The minimum absolute atomic E-state index is 0.0516. The molecule has 1 fully saturated rings. The minimum atomic E-state index is -2.68. The van der Waals surface area contributed by atoms with Gasteiger partial charge < -0.3 is 16.0 Å². The zero-order valence-electron chi connectivity index (χ0n) is 20.7. The van der Waals surface area contributed by atoms with Gasteiger partial charge >= 0.3 is 0 Å². The molecule has 0 aliphatic heterocycles. The van der Waals surface area contributed by atoms with E-state index in [1.807, 2.05) is 6.07 Å². The third-order valence-corrected chi connectivity index (χ3v) is 6.38. The van der Waals surface area contributed by atoms with Crippen LogP contribution in [0.5, 0.6) is 0 Å². The van der Waals surface area contributed by atoms with Crippen LogP contribution in [0.4, 0.5) is 8.78 Å². The number of nitrogens with one attached hydrogen (secondary N) is 3. The number of alkyl halides is 2. The molecule has 1 aromatic heterocycles. The smallest absolute Gasteiger partial charge is 0.289 e. The lowest BCUT2D eigenvalue weighted by Gasteiger charge is -2.28. The number of pyridine rings is 1. The number of carbonyl (C=O) groups excluding carboxylic acids is 4. The summed E-state index contributed by atoms with van der Waals surface area (Å²) >= 11 is 0. The fraction of sp³-hybridized carbons (Fsp3) is 0.444. The van der Waals surface area contributed by atoms with Crippen molar-refractivity contribution in [1.82, 2.24) is 20.9 Å². The fourth-order valence-electron chi connectivity index (χ4n) is 4.21. The first-order chi connectivity index (χ1) is 17.6. The second-order valence-corrected chi connectivity index (χ2v) is 9.41. The molecule has 8 nitrogen and oxygen atoms in total. The number of Topliss-reactive ketones (excluding diaryl/α,β-unsaturated/α-hetero) is 1. The quantitative estimate of drug-likeness (QED) is 0.399. The first-order valence-electron chi connectivity index (χ1n) is 12.4. The Hall–Kier alpha value is -3.69. The van der Waals surface area contributed by atoms with Gasteiger partial charge in [-0.1, -0.05) is 36.4 Å². The molecule has 0 radical (unpaired) electrons. The summed E-state index contributed by atoms with van der Waals surface area (Å²) < 4.78 is 26.7. The number of ketones is 1. The molecule has 2 atom stereocenters. The molecule has 1 aromatic carbocycles. The predicted octanol–water partition coefficient (Wildman–Crippen LogP) is 2.71. The maximum atomic E-state index is 13.4. The van der Waals surface area contributed by atoms with Crippen molar-refractivity contribution in [3.8, 4) is 0 Å². The Labute approximate surface area is 214 Å². The van der Waals surface area contributed by atoms with Crippen molar-refractivity contribution in [3.05, 3.63) is 66.0 Å². The number of hydrogen-bond acceptors (Lipinski definition) is 5. The Morgan fingerprint density at radius 2 is 1.68 bits per heavy atom. The zero-order chi connectivity index (χ0) is 26.8. The van der Waals surface area contributed by atoms with Crippen molar-refractivity contribution >= 4 is 23.5 Å². The van der Waals surface area contributed by atoms with Crippen LogP contribution in [0.3, 0.4) is 0 Å². The number of benzene rings is 1. The van der Waals surface area contributed by atoms with E-state index < -0.39 is 41.5 Å². The third kappa shape index (κ3) is 9.04. The summed E-state index contributed by atoms with van der Waals surface area (Å²) in [6.07, 6.45) is 1.72. The van der Waals surface area contributed by atoms with E-state index in [1.165, 1.54) is 6.92 Å². The lowest BCUT2D eigenvalue weighted by atomic mass is 9.84. The Kier molecular flexibility index (Phi) is 9.82. The number of aromatic nitrogens is 1. The van der Waals surface area contributed by atoms with Crippen LogP contribution in [0.15, 0.2) is 54.7 Å². The molecule has 0 spiro atoms. The number of hydrogen-bond donors (Lipinski definition) is 3. The van der Waals surface area contributed by atoms with Crippen LogP contribution in [0.25, 0.3) is 0 Å². The highest BCUT2D eigenvalue weighted by Gasteiger charge is 2.36. The van der Waals surface area contributed by atoms with E-state index in [9.17, 15) is 28.0 Å². The molecular weight excluding hydrogens is 482 g/mol. The van der Waals surface area contributed by atoms with Crippen molar-refractivity contribution in [2.45, 2.75) is 70.0 Å². The molecule has 1 saturated carbocycles. The summed E-state index contributed by atoms with van der Waals surface area (Å²) in [7, 11) is 0. The van der Waals surface area contributed by atoms with E-state index in [4.69, 9.17) is 0 Å². The van der Waals surface area contributed by atoms with Crippen LogP contribution < -0.4 is 16.0 Å². The number of halogens is 2. The van der Waals surface area contributed by atoms with Gasteiger partial charge in [0.25, 0.3) is 5.91 Å². The highest BCUT2D eigenvalue weighted by Crippen LogP contribution is 2.37. The normalized spacial score (nSPS) is 16.7. The number of nitrogens with zero attached hydrogens (tertiary/aromatic N) is 1. The van der Waals surface area contributed by atoms with Gasteiger partial charge in [-0.3, -0.25) is 24.2 Å². The molecule has 2 aromatic rings. The van der Waals surface area contributed by atoms with Crippen molar-refractivity contribution in [2.24, 2.45) is 5.92 Å². The minimum Gasteiger partial charge on any atom is -0.345 e. The summed E-state index contributed by atoms with van der Waals surface area (Å²) in [6.45, 7) is 1.52. The zero-order valence-corrected chi connectivity index (χ0v) is 20.7. The van der Waals surface area contributed by atoms with Crippen LogP contribution in [0.1, 0.15) is 50.3 Å². The summed E-state index contributed by atoms with van der Waals surface area (Å²) in [5.74, 6) is -5.57. The average molecular weight is 515 g/mol. The molecular formula is C27H32F2N4O4. The maximum absolute atomic E-state index is 13.4. The highest BCUT2D eigenvalue weighted by atomic mass is 19.3. The molecule has 1 heterocycles. The van der Waals surface area contributed by atoms with Crippen LogP contribution in [-0.2, 0) is 32.1 Å². The van der Waals surface area contributed by atoms with Crippen LogP contribution in [0, 0.1) is 5.92 Å². The van der Waals surface area contributed by atoms with Crippen molar-refractivity contribution in [1.29, 1.82) is 0 Å². The molecule has 0 bridgehead atoms. The van der Waals surface area contributed by atoms with Gasteiger partial charge in [-0.25, -0.2) is 8.78 Å². The van der Waals surface area contributed by atoms with Gasteiger partial charge in [0, 0.05) is 31.9 Å². The average Bonchev–Trinajstić information content (AvgIpc) is 2.88. The van der Waals surface area contributed by atoms with E-state index in [0.29, 0.717) is 5.69 Å². The first kappa shape index (κ1) is 27.9. The molecule has 0 saturated heterocycles. The largest absolute Gasteiger partial charge is 0.345 e. The number of amides is 3. The van der Waals surface area contributed by atoms with E-state index >= 15 is 0 Å². The van der Waals surface area contributed by atoms with Gasteiger partial charge in [0.05, 0.1) is 12.2 Å². The van der Waals surface area contributed by atoms with Crippen LogP contribution in [-0.4, -0.2) is 46.5 Å². The van der Waals surface area contributed by atoms with Crippen molar-refractivity contribution in [2.75, 3.05) is 0 Å².